The topological polar surface area (TPSA) is 24.9 Å². The summed E-state index contributed by atoms with van der Waals surface area (Å²) in [5.41, 5.74) is 5.49. The lowest BCUT2D eigenvalue weighted by Gasteiger charge is -2.20. The van der Waals surface area contributed by atoms with Crippen molar-refractivity contribution in [1.29, 1.82) is 0 Å². The number of rotatable bonds is 3. The number of hydrogen-bond acceptors (Lipinski definition) is 2. The van der Waals surface area contributed by atoms with Gasteiger partial charge in [0.15, 0.2) is 0 Å². The van der Waals surface area contributed by atoms with Gasteiger partial charge in [-0.3, -0.25) is 0 Å². The van der Waals surface area contributed by atoms with Crippen molar-refractivity contribution in [3.63, 3.8) is 0 Å². The lowest BCUT2D eigenvalue weighted by Crippen LogP contribution is -2.09. The molecule has 3 heteroatoms. The summed E-state index contributed by atoms with van der Waals surface area (Å²) in [5.74, 6) is 0. The van der Waals surface area contributed by atoms with Gasteiger partial charge in [0.25, 0.3) is 0 Å². The molecule has 3 rings (SSSR count). The minimum atomic E-state index is 0.296. The van der Waals surface area contributed by atoms with Gasteiger partial charge in [0.1, 0.15) is 4.60 Å². The first-order chi connectivity index (χ1) is 9.72. The molecule has 1 N–H and O–H groups in total. The van der Waals surface area contributed by atoms with Gasteiger partial charge in [-0.05, 0) is 77.4 Å². The Kier molecular flexibility index (Phi) is 4.06. The quantitative estimate of drug-likeness (QED) is 0.810. The lowest BCUT2D eigenvalue weighted by atomic mass is 9.89. The SMILES string of the molecule is CC(Nc1ccc(Br)nc1)c1ccc2c(c1)CCCC2. The summed E-state index contributed by atoms with van der Waals surface area (Å²) >= 11 is 3.36. The number of nitrogens with zero attached hydrogens (tertiary/aromatic N) is 1. The zero-order chi connectivity index (χ0) is 13.9. The van der Waals surface area contributed by atoms with E-state index < -0.39 is 0 Å². The molecule has 1 atom stereocenters. The van der Waals surface area contributed by atoms with Crippen molar-refractivity contribution in [2.45, 2.75) is 38.6 Å². The summed E-state index contributed by atoms with van der Waals surface area (Å²) in [6, 6.07) is 11.2. The summed E-state index contributed by atoms with van der Waals surface area (Å²) in [6.07, 6.45) is 7.00. The average Bonchev–Trinajstić information content (AvgIpc) is 2.49. The number of halogens is 1. The molecule has 0 radical (unpaired) electrons. The number of nitrogens with one attached hydrogen (secondary N) is 1. The molecule has 1 aliphatic rings. The number of aryl methyl sites for hydroxylation is 2. The third-order valence-electron chi connectivity index (χ3n) is 3.98. The number of aromatic nitrogens is 1. The number of pyridine rings is 1. The minimum Gasteiger partial charge on any atom is -0.377 e. The standard InChI is InChI=1S/C17H19BrN2/c1-12(20-16-8-9-17(18)19-11-16)14-7-6-13-4-2-3-5-15(13)10-14/h6-12,20H,2-5H2,1H3. The fourth-order valence-corrected chi connectivity index (χ4v) is 3.05. The van der Waals surface area contributed by atoms with Crippen LogP contribution in [0.25, 0.3) is 0 Å². The molecule has 0 aliphatic heterocycles. The van der Waals surface area contributed by atoms with E-state index in [1.54, 1.807) is 0 Å². The van der Waals surface area contributed by atoms with E-state index in [1.807, 2.05) is 18.3 Å². The van der Waals surface area contributed by atoms with E-state index in [9.17, 15) is 0 Å². The Labute approximate surface area is 128 Å². The second-order valence-corrected chi connectivity index (χ2v) is 6.28. The molecule has 20 heavy (non-hydrogen) atoms. The van der Waals surface area contributed by atoms with Crippen molar-refractivity contribution in [1.82, 2.24) is 4.98 Å². The second kappa shape index (κ2) is 5.96. The average molecular weight is 331 g/mol. The summed E-state index contributed by atoms with van der Waals surface area (Å²) in [5, 5.41) is 3.51. The van der Waals surface area contributed by atoms with Crippen LogP contribution in [0, 0.1) is 0 Å². The highest BCUT2D eigenvalue weighted by Crippen LogP contribution is 2.26. The molecule has 0 saturated heterocycles. The third-order valence-corrected chi connectivity index (χ3v) is 4.45. The molecule has 0 bridgehead atoms. The summed E-state index contributed by atoms with van der Waals surface area (Å²) in [7, 11) is 0. The van der Waals surface area contributed by atoms with Crippen LogP contribution in [0.1, 0.15) is 42.5 Å². The van der Waals surface area contributed by atoms with E-state index in [0.29, 0.717) is 6.04 Å². The Balaban J connectivity index is 1.76. The molecule has 1 unspecified atom stereocenters. The van der Waals surface area contributed by atoms with Gasteiger partial charge < -0.3 is 5.32 Å². The molecule has 2 aromatic rings. The van der Waals surface area contributed by atoms with Gasteiger partial charge in [-0.2, -0.15) is 0 Å². The molecule has 0 spiro atoms. The summed E-state index contributed by atoms with van der Waals surface area (Å²) in [6.45, 7) is 2.20. The first-order valence-electron chi connectivity index (χ1n) is 7.22. The van der Waals surface area contributed by atoms with Gasteiger partial charge in [0, 0.05) is 6.04 Å². The summed E-state index contributed by atoms with van der Waals surface area (Å²) < 4.78 is 0.865. The van der Waals surface area contributed by atoms with Crippen LogP contribution in [0.3, 0.4) is 0 Å². The van der Waals surface area contributed by atoms with Crippen molar-refractivity contribution in [2.24, 2.45) is 0 Å². The predicted molar refractivity (Wildman–Crippen MR) is 87.1 cm³/mol. The molecule has 1 aromatic heterocycles. The molecule has 1 heterocycles. The Bertz CT molecular complexity index is 592. The fraction of sp³-hybridized carbons (Fsp3) is 0.353. The molecule has 1 aliphatic carbocycles. The first kappa shape index (κ1) is 13.6. The molecule has 104 valence electrons. The number of fused-ring (bicyclic) bond motifs is 1. The maximum atomic E-state index is 4.25. The minimum absolute atomic E-state index is 0.296. The van der Waals surface area contributed by atoms with Gasteiger partial charge in [-0.25, -0.2) is 4.98 Å². The molecule has 0 amide bonds. The zero-order valence-electron chi connectivity index (χ0n) is 11.7. The molecule has 0 fully saturated rings. The highest BCUT2D eigenvalue weighted by Gasteiger charge is 2.12. The molecule has 1 aromatic carbocycles. The largest absolute Gasteiger partial charge is 0.377 e. The Morgan fingerprint density at radius 1 is 1.10 bits per heavy atom. The van der Waals surface area contributed by atoms with Crippen molar-refractivity contribution in [3.05, 3.63) is 57.8 Å². The Morgan fingerprint density at radius 3 is 2.65 bits per heavy atom. The van der Waals surface area contributed by atoms with Crippen LogP contribution in [-0.4, -0.2) is 4.98 Å². The molecule has 0 saturated carbocycles. The molecular weight excluding hydrogens is 312 g/mol. The fourth-order valence-electron chi connectivity index (χ4n) is 2.82. The van der Waals surface area contributed by atoms with Gasteiger partial charge in [-0.15, -0.1) is 0 Å². The van der Waals surface area contributed by atoms with E-state index >= 15 is 0 Å². The van der Waals surface area contributed by atoms with E-state index in [0.717, 1.165) is 10.3 Å². The first-order valence-corrected chi connectivity index (χ1v) is 8.01. The van der Waals surface area contributed by atoms with Crippen molar-refractivity contribution in [2.75, 3.05) is 5.32 Å². The Morgan fingerprint density at radius 2 is 1.90 bits per heavy atom. The van der Waals surface area contributed by atoms with Crippen LogP contribution >= 0.6 is 15.9 Å². The number of benzene rings is 1. The normalized spacial score (nSPS) is 15.5. The van der Waals surface area contributed by atoms with E-state index in [1.165, 1.54) is 42.4 Å². The van der Waals surface area contributed by atoms with Crippen molar-refractivity contribution >= 4 is 21.6 Å². The maximum Gasteiger partial charge on any atom is 0.106 e. The van der Waals surface area contributed by atoms with Crippen molar-refractivity contribution in [3.8, 4) is 0 Å². The molecular formula is C17H19BrN2. The number of hydrogen-bond donors (Lipinski definition) is 1. The second-order valence-electron chi connectivity index (χ2n) is 5.47. The van der Waals surface area contributed by atoms with E-state index in [2.05, 4.69) is 51.4 Å². The van der Waals surface area contributed by atoms with Gasteiger partial charge in [0.05, 0.1) is 11.9 Å². The Hall–Kier alpha value is -1.35. The highest BCUT2D eigenvalue weighted by molar-refractivity contribution is 9.10. The van der Waals surface area contributed by atoms with Crippen LogP contribution in [0.4, 0.5) is 5.69 Å². The van der Waals surface area contributed by atoms with E-state index in [4.69, 9.17) is 0 Å². The smallest absolute Gasteiger partial charge is 0.106 e. The van der Waals surface area contributed by atoms with Crippen LogP contribution in [-0.2, 0) is 12.8 Å². The number of anilines is 1. The van der Waals surface area contributed by atoms with Gasteiger partial charge in [0.2, 0.25) is 0 Å². The molecule has 2 nitrogen and oxygen atoms in total. The third kappa shape index (κ3) is 3.04. The van der Waals surface area contributed by atoms with E-state index in [-0.39, 0.29) is 0 Å². The van der Waals surface area contributed by atoms with Crippen molar-refractivity contribution < 1.29 is 0 Å². The summed E-state index contributed by atoms with van der Waals surface area (Å²) in [4.78, 5) is 4.25. The van der Waals surface area contributed by atoms with Gasteiger partial charge >= 0.3 is 0 Å². The van der Waals surface area contributed by atoms with Crippen LogP contribution in [0.5, 0.6) is 0 Å². The zero-order valence-corrected chi connectivity index (χ0v) is 13.3. The lowest BCUT2D eigenvalue weighted by molar-refractivity contribution is 0.683. The monoisotopic (exact) mass is 330 g/mol. The van der Waals surface area contributed by atoms with Crippen LogP contribution in [0.15, 0.2) is 41.1 Å². The maximum absolute atomic E-state index is 4.25. The highest BCUT2D eigenvalue weighted by atomic mass is 79.9. The van der Waals surface area contributed by atoms with Gasteiger partial charge in [-0.1, -0.05) is 18.2 Å². The van der Waals surface area contributed by atoms with Crippen LogP contribution in [0.2, 0.25) is 0 Å². The predicted octanol–water partition coefficient (Wildman–Crippen LogP) is 4.90. The van der Waals surface area contributed by atoms with Crippen LogP contribution < -0.4 is 5.32 Å².